The molecule has 0 aliphatic heterocycles. The molecule has 6 nitrogen and oxygen atoms in total. The molecule has 1 atom stereocenters. The van der Waals surface area contributed by atoms with E-state index in [4.69, 9.17) is 21.3 Å². The molecule has 6 rings (SSSR count). The molecule has 0 aliphatic carbocycles. The molecule has 40 heavy (non-hydrogen) atoms. The van der Waals surface area contributed by atoms with Crippen molar-refractivity contribution in [3.63, 3.8) is 0 Å². The predicted molar refractivity (Wildman–Crippen MR) is 162 cm³/mol. The Morgan fingerprint density at radius 2 is 1.73 bits per heavy atom. The van der Waals surface area contributed by atoms with Crippen LogP contribution in [0.5, 0.6) is 5.75 Å². The second-order valence-electron chi connectivity index (χ2n) is 9.31. The summed E-state index contributed by atoms with van der Waals surface area (Å²) in [6.07, 6.45) is 2.14. The SMILES string of the molecule is COc1ccc(S(=O)CCc2cc(=O)c3cc(-c4cc(Cl)c5ncccc5c4)c(-c4ccccc4)nc3[nH]2)cc1. The standard InChI is InChI=1S/C32H24ClN3O3S/c1-39-24-9-11-25(12-10-24)40(38)15-13-23-18-29(37)27-19-26(22-16-21-8-5-14-34-31(21)28(33)17-22)30(36-32(27)35-23)20-6-3-2-4-7-20/h2-12,14,16-19H,13,15H2,1H3,(H,35,36,37). The number of H-pyrrole nitrogens is 1. The van der Waals surface area contributed by atoms with E-state index in [9.17, 15) is 9.00 Å². The number of pyridine rings is 3. The highest BCUT2D eigenvalue weighted by Crippen LogP contribution is 2.36. The molecule has 0 aliphatic rings. The topological polar surface area (TPSA) is 84.9 Å². The molecule has 0 radical (unpaired) electrons. The molecular formula is C32H24ClN3O3S. The van der Waals surface area contributed by atoms with Crippen LogP contribution in [-0.4, -0.2) is 32.0 Å². The molecule has 3 aromatic carbocycles. The zero-order valence-electron chi connectivity index (χ0n) is 21.6. The molecule has 198 valence electrons. The first kappa shape index (κ1) is 25.9. The number of hydrogen-bond acceptors (Lipinski definition) is 5. The summed E-state index contributed by atoms with van der Waals surface area (Å²) in [5.41, 5.74) is 5.00. The van der Waals surface area contributed by atoms with Crippen LogP contribution in [0.3, 0.4) is 0 Å². The Kier molecular flexibility index (Phi) is 7.15. The summed E-state index contributed by atoms with van der Waals surface area (Å²) in [6.45, 7) is 0. The van der Waals surface area contributed by atoms with Gasteiger partial charge in [0.1, 0.15) is 11.4 Å². The van der Waals surface area contributed by atoms with E-state index in [1.54, 1.807) is 43.6 Å². The maximum absolute atomic E-state index is 13.3. The molecule has 0 fully saturated rings. The fourth-order valence-electron chi connectivity index (χ4n) is 4.74. The van der Waals surface area contributed by atoms with Gasteiger partial charge >= 0.3 is 0 Å². The van der Waals surface area contributed by atoms with Crippen molar-refractivity contribution in [3.05, 3.63) is 118 Å². The van der Waals surface area contributed by atoms with Gasteiger partial charge in [-0.15, -0.1) is 0 Å². The minimum Gasteiger partial charge on any atom is -0.497 e. The summed E-state index contributed by atoms with van der Waals surface area (Å²) in [4.78, 5) is 26.7. The summed E-state index contributed by atoms with van der Waals surface area (Å²) in [5, 5.41) is 1.90. The molecule has 0 spiro atoms. The Hall–Kier alpha value is -4.33. The van der Waals surface area contributed by atoms with Crippen LogP contribution in [0.2, 0.25) is 5.02 Å². The molecule has 6 aromatic rings. The third-order valence-electron chi connectivity index (χ3n) is 6.77. The Balaban J connectivity index is 1.41. The van der Waals surface area contributed by atoms with Gasteiger partial charge in [0.05, 0.1) is 39.5 Å². The fourth-order valence-corrected chi connectivity index (χ4v) is 6.10. The van der Waals surface area contributed by atoms with Gasteiger partial charge in [-0.1, -0.05) is 48.0 Å². The number of aromatic amines is 1. The molecule has 3 aromatic heterocycles. The highest BCUT2D eigenvalue weighted by Gasteiger charge is 2.16. The zero-order valence-corrected chi connectivity index (χ0v) is 23.1. The van der Waals surface area contributed by atoms with E-state index in [2.05, 4.69) is 9.97 Å². The molecule has 0 saturated carbocycles. The van der Waals surface area contributed by atoms with Crippen LogP contribution in [0.15, 0.2) is 107 Å². The summed E-state index contributed by atoms with van der Waals surface area (Å²) < 4.78 is 18.1. The van der Waals surface area contributed by atoms with E-state index in [1.807, 2.05) is 60.7 Å². The van der Waals surface area contributed by atoms with E-state index in [-0.39, 0.29) is 5.43 Å². The zero-order chi connectivity index (χ0) is 27.6. The summed E-state index contributed by atoms with van der Waals surface area (Å²) in [6, 6.07) is 28.1. The van der Waals surface area contributed by atoms with E-state index < -0.39 is 10.8 Å². The van der Waals surface area contributed by atoms with Crippen LogP contribution in [0, 0.1) is 0 Å². The number of fused-ring (bicyclic) bond motifs is 2. The number of rotatable bonds is 7. The van der Waals surface area contributed by atoms with Gasteiger partial charge in [-0.05, 0) is 60.5 Å². The number of hydrogen-bond donors (Lipinski definition) is 1. The smallest absolute Gasteiger partial charge is 0.191 e. The minimum atomic E-state index is -1.23. The van der Waals surface area contributed by atoms with Crippen LogP contribution in [0.25, 0.3) is 44.3 Å². The molecule has 1 N–H and O–H groups in total. The monoisotopic (exact) mass is 565 g/mol. The van der Waals surface area contributed by atoms with E-state index in [0.29, 0.717) is 44.6 Å². The minimum absolute atomic E-state index is 0.152. The predicted octanol–water partition coefficient (Wildman–Crippen LogP) is 6.82. The van der Waals surface area contributed by atoms with Gasteiger partial charge in [0, 0.05) is 45.1 Å². The number of aromatic nitrogens is 3. The lowest BCUT2D eigenvalue weighted by Gasteiger charge is -2.13. The normalized spacial score (nSPS) is 12.1. The van der Waals surface area contributed by atoms with Crippen molar-refractivity contribution in [2.75, 3.05) is 12.9 Å². The number of benzene rings is 3. The van der Waals surface area contributed by atoms with Gasteiger partial charge in [-0.2, -0.15) is 0 Å². The van der Waals surface area contributed by atoms with E-state index >= 15 is 0 Å². The van der Waals surface area contributed by atoms with Crippen molar-refractivity contribution in [2.45, 2.75) is 11.3 Å². The Bertz CT molecular complexity index is 1940. The summed E-state index contributed by atoms with van der Waals surface area (Å²) >= 11 is 6.62. The highest BCUT2D eigenvalue weighted by atomic mass is 35.5. The first-order valence-corrected chi connectivity index (χ1v) is 14.4. The van der Waals surface area contributed by atoms with Crippen LogP contribution in [0.4, 0.5) is 0 Å². The first-order chi connectivity index (χ1) is 19.5. The van der Waals surface area contributed by atoms with Crippen molar-refractivity contribution in [3.8, 4) is 28.1 Å². The molecule has 0 amide bonds. The quantitative estimate of drug-likeness (QED) is 0.230. The van der Waals surface area contributed by atoms with Crippen molar-refractivity contribution < 1.29 is 8.95 Å². The summed E-state index contributed by atoms with van der Waals surface area (Å²) in [5.74, 6) is 1.07. The van der Waals surface area contributed by atoms with Crippen LogP contribution >= 0.6 is 11.6 Å². The summed E-state index contributed by atoms with van der Waals surface area (Å²) in [7, 11) is 0.367. The van der Waals surface area contributed by atoms with Crippen molar-refractivity contribution in [1.29, 1.82) is 0 Å². The lowest BCUT2D eigenvalue weighted by Crippen LogP contribution is -2.10. The molecule has 0 saturated heterocycles. The third kappa shape index (κ3) is 5.13. The van der Waals surface area contributed by atoms with Gasteiger partial charge in [0.25, 0.3) is 0 Å². The molecular weight excluding hydrogens is 542 g/mol. The average Bonchev–Trinajstić information content (AvgIpc) is 3.00. The number of ether oxygens (including phenoxy) is 1. The van der Waals surface area contributed by atoms with Crippen LogP contribution < -0.4 is 10.2 Å². The van der Waals surface area contributed by atoms with Crippen molar-refractivity contribution in [1.82, 2.24) is 15.0 Å². The molecule has 3 heterocycles. The first-order valence-electron chi connectivity index (χ1n) is 12.7. The third-order valence-corrected chi connectivity index (χ3v) is 8.43. The van der Waals surface area contributed by atoms with Gasteiger partial charge in [-0.3, -0.25) is 14.0 Å². The van der Waals surface area contributed by atoms with Crippen LogP contribution in [0.1, 0.15) is 5.69 Å². The molecule has 8 heteroatoms. The van der Waals surface area contributed by atoms with E-state index in [0.717, 1.165) is 33.3 Å². The second kappa shape index (κ2) is 11.0. The Labute approximate surface area is 238 Å². The second-order valence-corrected chi connectivity index (χ2v) is 11.3. The van der Waals surface area contributed by atoms with Crippen molar-refractivity contribution >= 4 is 44.3 Å². The van der Waals surface area contributed by atoms with E-state index in [1.165, 1.54) is 0 Å². The van der Waals surface area contributed by atoms with Gasteiger partial charge in [0.15, 0.2) is 5.43 Å². The largest absolute Gasteiger partial charge is 0.497 e. The molecule has 1 unspecified atom stereocenters. The maximum Gasteiger partial charge on any atom is 0.191 e. The number of nitrogens with one attached hydrogen (secondary N) is 1. The highest BCUT2D eigenvalue weighted by molar-refractivity contribution is 7.85. The lowest BCUT2D eigenvalue weighted by molar-refractivity contribution is 0.414. The van der Waals surface area contributed by atoms with Crippen molar-refractivity contribution in [2.24, 2.45) is 0 Å². The maximum atomic E-state index is 13.3. The fraction of sp³-hybridized carbons (Fsp3) is 0.0938. The number of halogens is 1. The van der Waals surface area contributed by atoms with Gasteiger partial charge in [-0.25, -0.2) is 4.98 Å². The lowest BCUT2D eigenvalue weighted by atomic mass is 9.96. The van der Waals surface area contributed by atoms with Crippen LogP contribution in [-0.2, 0) is 17.2 Å². The van der Waals surface area contributed by atoms with Gasteiger partial charge in [0.2, 0.25) is 0 Å². The number of methoxy groups -OCH3 is 1. The number of aryl methyl sites for hydroxylation is 1. The van der Waals surface area contributed by atoms with Gasteiger partial charge < -0.3 is 9.72 Å². The Morgan fingerprint density at radius 3 is 2.50 bits per heavy atom. The molecule has 0 bridgehead atoms. The number of nitrogens with zero attached hydrogens (tertiary/aromatic N) is 2. The average molecular weight is 566 g/mol. The Morgan fingerprint density at radius 1 is 0.925 bits per heavy atom.